The molecular weight excluding hydrogens is 499 g/mol. The molecule has 0 aliphatic carbocycles. The van der Waals surface area contributed by atoms with E-state index in [1.165, 1.54) is 17.0 Å². The van der Waals surface area contributed by atoms with Crippen LogP contribution in [0.5, 0.6) is 11.8 Å². The van der Waals surface area contributed by atoms with Gasteiger partial charge in [-0.3, -0.25) is 4.79 Å². The van der Waals surface area contributed by atoms with E-state index in [9.17, 15) is 14.3 Å². The predicted octanol–water partition coefficient (Wildman–Crippen LogP) is 5.10. The van der Waals surface area contributed by atoms with Crippen LogP contribution < -0.4 is 14.5 Å². The Labute approximate surface area is 226 Å². The number of phenolic OH excluding ortho intramolecular Hbond substituents is 1. The number of anilines is 2. The van der Waals surface area contributed by atoms with Crippen LogP contribution in [0.3, 0.4) is 0 Å². The van der Waals surface area contributed by atoms with Crippen LogP contribution in [0.25, 0.3) is 10.8 Å². The van der Waals surface area contributed by atoms with Gasteiger partial charge in [-0.05, 0) is 41.5 Å². The average Bonchev–Trinajstić information content (AvgIpc) is 3.08. The van der Waals surface area contributed by atoms with E-state index in [1.54, 1.807) is 30.4 Å². The molecule has 8 nitrogen and oxygen atoms in total. The highest BCUT2D eigenvalue weighted by Crippen LogP contribution is 2.41. The average molecular weight is 531 g/mol. The highest BCUT2D eigenvalue weighted by molar-refractivity contribution is 6.16. The Kier molecular flexibility index (Phi) is 7.60. The zero-order valence-corrected chi connectivity index (χ0v) is 22.0. The molecule has 0 atom stereocenters. The lowest BCUT2D eigenvalue weighted by Gasteiger charge is -2.23. The molecule has 1 aromatic heterocycles. The van der Waals surface area contributed by atoms with Crippen molar-refractivity contribution in [1.82, 2.24) is 9.97 Å². The molecule has 0 radical (unpaired) electrons. The molecule has 1 fully saturated rings. The molecule has 0 saturated carbocycles. The van der Waals surface area contributed by atoms with Gasteiger partial charge in [0.1, 0.15) is 29.6 Å². The van der Waals surface area contributed by atoms with Gasteiger partial charge in [-0.15, -0.1) is 0 Å². The number of ether oxygens (including phenoxy) is 2. The summed E-state index contributed by atoms with van der Waals surface area (Å²) in [5, 5.41) is 11.8. The Hall–Kier alpha value is -4.24. The molecule has 3 heterocycles. The molecular formula is C30H31FN4O4. The fraction of sp³-hybridized carbons (Fsp3) is 0.300. The minimum atomic E-state index is -0.354. The van der Waals surface area contributed by atoms with Crippen LogP contribution in [0.15, 0.2) is 61.2 Å². The summed E-state index contributed by atoms with van der Waals surface area (Å²) >= 11 is 0. The maximum atomic E-state index is 14.8. The van der Waals surface area contributed by atoms with E-state index >= 15 is 0 Å². The van der Waals surface area contributed by atoms with Gasteiger partial charge in [-0.1, -0.05) is 44.4 Å². The number of benzene rings is 2. The predicted molar refractivity (Wildman–Crippen MR) is 149 cm³/mol. The Morgan fingerprint density at radius 2 is 2.08 bits per heavy atom. The molecule has 0 bridgehead atoms. The molecule has 2 aliphatic heterocycles. The summed E-state index contributed by atoms with van der Waals surface area (Å²) in [7, 11) is 0. The van der Waals surface area contributed by atoms with Gasteiger partial charge in [0.15, 0.2) is 0 Å². The smallest absolute Gasteiger partial charge is 0.319 e. The quantitative estimate of drug-likeness (QED) is 0.406. The lowest BCUT2D eigenvalue weighted by Crippen LogP contribution is -2.30. The molecule has 2 aliphatic rings. The normalized spacial score (nSPS) is 15.8. The zero-order valence-electron chi connectivity index (χ0n) is 22.0. The van der Waals surface area contributed by atoms with Crippen LogP contribution in [0.2, 0.25) is 0 Å². The molecule has 3 aromatic rings. The third kappa shape index (κ3) is 5.09. The largest absolute Gasteiger partial charge is 0.508 e. The van der Waals surface area contributed by atoms with Crippen molar-refractivity contribution < 1.29 is 23.8 Å². The maximum absolute atomic E-state index is 14.8. The van der Waals surface area contributed by atoms with Crippen LogP contribution in [-0.2, 0) is 17.7 Å². The van der Waals surface area contributed by atoms with Crippen LogP contribution in [-0.4, -0.2) is 53.9 Å². The number of aromatic hydroxyl groups is 1. The van der Waals surface area contributed by atoms with Gasteiger partial charge in [0, 0.05) is 31.1 Å². The Balaban J connectivity index is 1.61. The third-order valence-electron chi connectivity index (χ3n) is 6.97. The van der Waals surface area contributed by atoms with Crippen molar-refractivity contribution in [3.63, 3.8) is 0 Å². The number of carbonyl (C=O) groups excluding carboxylic acids is 1. The maximum Gasteiger partial charge on any atom is 0.319 e. The molecule has 5 rings (SSSR count). The number of nitrogens with zero attached hydrogens (tertiary/aromatic N) is 4. The highest BCUT2D eigenvalue weighted by atomic mass is 19.1. The van der Waals surface area contributed by atoms with Gasteiger partial charge in [0.2, 0.25) is 0 Å². The SMILES string of the molecule is C=C/C=C(\C=C)COc1nc2c(c(N3CCCOCC3)n1)C(=O)N(c1cc(O)cc3ccc(F)c(CC)c13)C2. The number of hydrogen-bond acceptors (Lipinski definition) is 7. The van der Waals surface area contributed by atoms with E-state index in [-0.39, 0.29) is 36.6 Å². The van der Waals surface area contributed by atoms with E-state index in [0.29, 0.717) is 71.8 Å². The molecule has 2 aromatic carbocycles. The first-order chi connectivity index (χ1) is 18.9. The van der Waals surface area contributed by atoms with Crippen LogP contribution in [0, 0.1) is 5.82 Å². The number of aromatic nitrogens is 2. The minimum absolute atomic E-state index is 0.0131. The third-order valence-corrected chi connectivity index (χ3v) is 6.97. The van der Waals surface area contributed by atoms with E-state index in [1.807, 2.05) is 11.8 Å². The lowest BCUT2D eigenvalue weighted by molar-refractivity contribution is 0.0997. The van der Waals surface area contributed by atoms with Crippen molar-refractivity contribution in [1.29, 1.82) is 0 Å². The molecule has 1 amide bonds. The second-order valence-electron chi connectivity index (χ2n) is 9.41. The number of allylic oxidation sites excluding steroid dienone is 2. The molecule has 9 heteroatoms. The Morgan fingerprint density at radius 1 is 1.23 bits per heavy atom. The summed E-state index contributed by atoms with van der Waals surface area (Å²) in [5.74, 6) is -0.200. The topological polar surface area (TPSA) is 88.0 Å². The van der Waals surface area contributed by atoms with Gasteiger partial charge < -0.3 is 24.4 Å². The molecule has 39 heavy (non-hydrogen) atoms. The second kappa shape index (κ2) is 11.2. The summed E-state index contributed by atoms with van der Waals surface area (Å²) in [5.41, 5.74) is 2.60. The highest BCUT2D eigenvalue weighted by Gasteiger charge is 2.37. The van der Waals surface area contributed by atoms with Crippen LogP contribution >= 0.6 is 0 Å². The molecule has 1 N–H and O–H groups in total. The summed E-state index contributed by atoms with van der Waals surface area (Å²) in [6, 6.07) is 6.22. The van der Waals surface area contributed by atoms with E-state index in [2.05, 4.69) is 23.1 Å². The van der Waals surface area contributed by atoms with Gasteiger partial charge in [-0.25, -0.2) is 4.39 Å². The summed E-state index contributed by atoms with van der Waals surface area (Å²) in [6.07, 6.45) is 6.32. The first-order valence-corrected chi connectivity index (χ1v) is 13.0. The van der Waals surface area contributed by atoms with Crippen molar-refractivity contribution in [3.05, 3.63) is 83.9 Å². The molecule has 0 spiro atoms. The monoisotopic (exact) mass is 530 g/mol. The zero-order chi connectivity index (χ0) is 27.5. The number of amides is 1. The number of halogens is 1. The molecule has 1 saturated heterocycles. The van der Waals surface area contributed by atoms with Crippen molar-refractivity contribution in [2.75, 3.05) is 42.7 Å². The van der Waals surface area contributed by atoms with Crippen LogP contribution in [0.1, 0.15) is 35.0 Å². The standard InChI is InChI=1S/C30H31FN4O4/c1-4-8-19(5-2)18-39-30-32-24-17-35(29(37)27(24)28(33-30)34-11-7-13-38-14-12-34)25-16-21(36)15-20-9-10-23(31)22(6-3)26(20)25/h4-5,8-10,15-16,36H,1-2,6-7,11-14,17-18H2,3H3/b19-8+. The Bertz CT molecular complexity index is 1480. The van der Waals surface area contributed by atoms with Gasteiger partial charge in [-0.2, -0.15) is 9.97 Å². The number of fused-ring (bicyclic) bond motifs is 2. The number of aryl methyl sites for hydroxylation is 1. The number of phenols is 1. The van der Waals surface area contributed by atoms with Gasteiger partial charge in [0.05, 0.1) is 24.5 Å². The number of rotatable bonds is 8. The number of hydrogen-bond donors (Lipinski definition) is 1. The van der Waals surface area contributed by atoms with Crippen molar-refractivity contribution in [3.8, 4) is 11.8 Å². The number of carbonyl (C=O) groups is 1. The van der Waals surface area contributed by atoms with E-state index in [4.69, 9.17) is 9.47 Å². The van der Waals surface area contributed by atoms with Crippen molar-refractivity contribution >= 4 is 28.2 Å². The van der Waals surface area contributed by atoms with Gasteiger partial charge in [0.25, 0.3) is 5.91 Å². The van der Waals surface area contributed by atoms with Crippen LogP contribution in [0.4, 0.5) is 15.9 Å². The fourth-order valence-electron chi connectivity index (χ4n) is 5.12. The summed E-state index contributed by atoms with van der Waals surface area (Å²) in [6.45, 7) is 12.0. The summed E-state index contributed by atoms with van der Waals surface area (Å²) in [4.78, 5) is 26.9. The lowest BCUT2D eigenvalue weighted by atomic mass is 9.99. The molecule has 0 unspecified atom stereocenters. The second-order valence-corrected chi connectivity index (χ2v) is 9.41. The van der Waals surface area contributed by atoms with Gasteiger partial charge >= 0.3 is 6.01 Å². The molecule has 202 valence electrons. The minimum Gasteiger partial charge on any atom is -0.508 e. The first-order valence-electron chi connectivity index (χ1n) is 13.0. The summed E-state index contributed by atoms with van der Waals surface area (Å²) < 4.78 is 26.4. The Morgan fingerprint density at radius 3 is 2.85 bits per heavy atom. The first kappa shape index (κ1) is 26.4. The van der Waals surface area contributed by atoms with Crippen molar-refractivity contribution in [2.45, 2.75) is 26.3 Å². The van der Waals surface area contributed by atoms with Crippen molar-refractivity contribution in [2.24, 2.45) is 0 Å². The van der Waals surface area contributed by atoms with E-state index in [0.717, 1.165) is 12.0 Å². The fourth-order valence-corrected chi connectivity index (χ4v) is 5.12. The van der Waals surface area contributed by atoms with E-state index < -0.39 is 0 Å².